The van der Waals surface area contributed by atoms with Crippen molar-refractivity contribution >= 4 is 22.4 Å². The molecule has 0 radical (unpaired) electrons. The molecule has 2 heterocycles. The molecule has 1 aliphatic rings. The van der Waals surface area contributed by atoms with E-state index in [1.54, 1.807) is 14.0 Å². The number of aromatic nitrogens is 1. The number of nitrogens with one attached hydrogen (secondary N) is 1. The van der Waals surface area contributed by atoms with Crippen molar-refractivity contribution in [2.45, 2.75) is 25.4 Å². The van der Waals surface area contributed by atoms with Gasteiger partial charge in [0.15, 0.2) is 5.13 Å². The second kappa shape index (κ2) is 7.01. The van der Waals surface area contributed by atoms with Crippen LogP contribution in [0.5, 0.6) is 0 Å². The maximum Gasteiger partial charge on any atom is 0.311 e. The van der Waals surface area contributed by atoms with Crippen LogP contribution in [0.25, 0.3) is 0 Å². The van der Waals surface area contributed by atoms with E-state index in [1.165, 1.54) is 11.3 Å². The molecule has 0 aliphatic carbocycles. The number of hydrogen-bond acceptors (Lipinski definition) is 7. The zero-order valence-corrected chi connectivity index (χ0v) is 12.6. The molecule has 1 fully saturated rings. The van der Waals surface area contributed by atoms with Crippen LogP contribution in [-0.2, 0) is 25.4 Å². The first kappa shape index (κ1) is 15.2. The van der Waals surface area contributed by atoms with Gasteiger partial charge < -0.3 is 19.5 Å². The first-order valence-corrected chi connectivity index (χ1v) is 7.52. The third kappa shape index (κ3) is 3.91. The molecule has 0 amide bonds. The number of ether oxygens (including phenoxy) is 3. The Morgan fingerprint density at radius 2 is 2.50 bits per heavy atom. The van der Waals surface area contributed by atoms with Gasteiger partial charge in [0.1, 0.15) is 5.60 Å². The van der Waals surface area contributed by atoms with E-state index >= 15 is 0 Å². The van der Waals surface area contributed by atoms with Crippen LogP contribution in [0.2, 0.25) is 0 Å². The highest BCUT2D eigenvalue weighted by Gasteiger charge is 2.34. The summed E-state index contributed by atoms with van der Waals surface area (Å²) >= 11 is 1.48. The summed E-state index contributed by atoms with van der Waals surface area (Å²) in [6, 6.07) is 0. The third-order valence-corrected chi connectivity index (χ3v) is 4.09. The predicted molar refractivity (Wildman–Crippen MR) is 76.1 cm³/mol. The van der Waals surface area contributed by atoms with Crippen LogP contribution in [0.1, 0.15) is 19.0 Å². The molecule has 0 saturated carbocycles. The lowest BCUT2D eigenvalue weighted by Crippen LogP contribution is -2.39. The van der Waals surface area contributed by atoms with Crippen molar-refractivity contribution in [3.05, 3.63) is 11.1 Å². The molecule has 1 aromatic rings. The van der Waals surface area contributed by atoms with E-state index in [0.29, 0.717) is 19.8 Å². The lowest BCUT2D eigenvalue weighted by Gasteiger charge is -2.25. The zero-order chi connectivity index (χ0) is 14.4. The molecule has 1 N–H and O–H groups in total. The highest BCUT2D eigenvalue weighted by atomic mass is 32.1. The van der Waals surface area contributed by atoms with E-state index in [0.717, 1.165) is 23.9 Å². The van der Waals surface area contributed by atoms with Gasteiger partial charge in [0.2, 0.25) is 0 Å². The SMILES string of the molecule is CCOC(=O)Cc1csc(NCC2(OC)CCOC2)n1. The predicted octanol–water partition coefficient (Wildman–Crippen LogP) is 1.47. The minimum absolute atomic E-state index is 0.213. The molecule has 1 unspecified atom stereocenters. The topological polar surface area (TPSA) is 69.7 Å². The summed E-state index contributed by atoms with van der Waals surface area (Å²) in [5, 5.41) is 5.90. The molecule has 2 rings (SSSR count). The van der Waals surface area contributed by atoms with Crippen molar-refractivity contribution in [2.75, 3.05) is 38.8 Å². The molecule has 0 spiro atoms. The number of carbonyl (C=O) groups excluding carboxylic acids is 1. The van der Waals surface area contributed by atoms with Crippen LogP contribution in [0, 0.1) is 0 Å². The lowest BCUT2D eigenvalue weighted by atomic mass is 10.0. The van der Waals surface area contributed by atoms with Gasteiger partial charge in [0, 0.05) is 32.1 Å². The van der Waals surface area contributed by atoms with Crippen LogP contribution in [0.3, 0.4) is 0 Å². The molecule has 0 bridgehead atoms. The van der Waals surface area contributed by atoms with Crippen molar-refractivity contribution in [1.29, 1.82) is 0 Å². The number of hydrogen-bond donors (Lipinski definition) is 1. The van der Waals surface area contributed by atoms with Crippen LogP contribution < -0.4 is 5.32 Å². The number of rotatable bonds is 7. The Hall–Kier alpha value is -1.18. The lowest BCUT2D eigenvalue weighted by molar-refractivity contribution is -0.142. The summed E-state index contributed by atoms with van der Waals surface area (Å²) in [6.45, 7) is 4.15. The molecule has 1 atom stereocenters. The number of esters is 1. The summed E-state index contributed by atoms with van der Waals surface area (Å²) in [7, 11) is 1.70. The summed E-state index contributed by atoms with van der Waals surface area (Å²) in [6.07, 6.45) is 1.09. The fourth-order valence-corrected chi connectivity index (χ4v) is 2.74. The third-order valence-electron chi connectivity index (χ3n) is 3.24. The molecule has 0 aromatic carbocycles. The van der Waals surface area contributed by atoms with Gasteiger partial charge in [0.25, 0.3) is 0 Å². The zero-order valence-electron chi connectivity index (χ0n) is 11.8. The quantitative estimate of drug-likeness (QED) is 0.769. The van der Waals surface area contributed by atoms with E-state index in [2.05, 4.69) is 10.3 Å². The summed E-state index contributed by atoms with van der Waals surface area (Å²) in [5.41, 5.74) is 0.456. The molecule has 20 heavy (non-hydrogen) atoms. The average molecular weight is 300 g/mol. The van der Waals surface area contributed by atoms with E-state index < -0.39 is 0 Å². The standard InChI is InChI=1S/C13H20N2O4S/c1-3-19-11(16)6-10-7-20-12(15-10)14-8-13(17-2)4-5-18-9-13/h7H,3-6,8-9H2,1-2H3,(H,14,15). The van der Waals surface area contributed by atoms with Gasteiger partial charge in [-0.1, -0.05) is 0 Å². The Kier molecular flexibility index (Phi) is 5.33. The molecule has 112 valence electrons. The molecular formula is C13H20N2O4S. The van der Waals surface area contributed by atoms with Gasteiger partial charge in [-0.05, 0) is 6.92 Å². The Morgan fingerprint density at radius 3 is 3.15 bits per heavy atom. The molecule has 1 aromatic heterocycles. The van der Waals surface area contributed by atoms with Crippen molar-refractivity contribution < 1.29 is 19.0 Å². The summed E-state index contributed by atoms with van der Waals surface area (Å²) in [4.78, 5) is 15.7. The minimum atomic E-state index is -0.271. The van der Waals surface area contributed by atoms with Gasteiger partial charge in [0.05, 0.1) is 25.3 Å². The van der Waals surface area contributed by atoms with Crippen LogP contribution in [0.15, 0.2) is 5.38 Å². The highest BCUT2D eigenvalue weighted by molar-refractivity contribution is 7.13. The number of methoxy groups -OCH3 is 1. The molecule has 1 aliphatic heterocycles. The van der Waals surface area contributed by atoms with Crippen LogP contribution in [0.4, 0.5) is 5.13 Å². The average Bonchev–Trinajstić information content (AvgIpc) is 3.06. The Balaban J connectivity index is 1.85. The number of anilines is 1. The summed E-state index contributed by atoms with van der Waals surface area (Å²) < 4.78 is 15.8. The summed E-state index contributed by atoms with van der Waals surface area (Å²) in [5.74, 6) is -0.248. The fraction of sp³-hybridized carbons (Fsp3) is 0.692. The smallest absolute Gasteiger partial charge is 0.311 e. The van der Waals surface area contributed by atoms with Gasteiger partial charge >= 0.3 is 5.97 Å². The van der Waals surface area contributed by atoms with Crippen molar-refractivity contribution in [2.24, 2.45) is 0 Å². The van der Waals surface area contributed by atoms with E-state index in [1.807, 2.05) is 5.38 Å². The second-order valence-electron chi connectivity index (χ2n) is 4.67. The van der Waals surface area contributed by atoms with Crippen LogP contribution >= 0.6 is 11.3 Å². The monoisotopic (exact) mass is 300 g/mol. The molecule has 7 heteroatoms. The maximum absolute atomic E-state index is 11.4. The molecule has 6 nitrogen and oxygen atoms in total. The largest absolute Gasteiger partial charge is 0.466 e. The molecular weight excluding hydrogens is 280 g/mol. The Labute approximate surface area is 122 Å². The van der Waals surface area contributed by atoms with Gasteiger partial charge in [-0.25, -0.2) is 4.98 Å². The maximum atomic E-state index is 11.4. The highest BCUT2D eigenvalue weighted by Crippen LogP contribution is 2.24. The fourth-order valence-electron chi connectivity index (χ4n) is 2.03. The van der Waals surface area contributed by atoms with Crippen LogP contribution in [-0.4, -0.2) is 50.0 Å². The molecule has 1 saturated heterocycles. The van der Waals surface area contributed by atoms with Gasteiger partial charge in [-0.2, -0.15) is 0 Å². The number of carbonyl (C=O) groups is 1. The van der Waals surface area contributed by atoms with E-state index in [9.17, 15) is 4.79 Å². The second-order valence-corrected chi connectivity index (χ2v) is 5.53. The first-order valence-electron chi connectivity index (χ1n) is 6.64. The Morgan fingerprint density at radius 1 is 1.65 bits per heavy atom. The van der Waals surface area contributed by atoms with Crippen molar-refractivity contribution in [3.8, 4) is 0 Å². The van der Waals surface area contributed by atoms with Gasteiger partial charge in [-0.15, -0.1) is 11.3 Å². The van der Waals surface area contributed by atoms with Gasteiger partial charge in [-0.3, -0.25) is 4.79 Å². The minimum Gasteiger partial charge on any atom is -0.466 e. The van der Waals surface area contributed by atoms with E-state index in [4.69, 9.17) is 14.2 Å². The van der Waals surface area contributed by atoms with Crippen molar-refractivity contribution in [1.82, 2.24) is 4.98 Å². The van der Waals surface area contributed by atoms with Crippen molar-refractivity contribution in [3.63, 3.8) is 0 Å². The first-order chi connectivity index (χ1) is 9.67. The normalized spacial score (nSPS) is 21.9. The number of nitrogens with zero attached hydrogens (tertiary/aromatic N) is 1. The Bertz CT molecular complexity index is 443. The number of thiazole rings is 1. The van der Waals surface area contributed by atoms with E-state index in [-0.39, 0.29) is 18.0 Å².